The fraction of sp³-hybridized carbons (Fsp3) is 0.875. The number of hydrogen-bond donors (Lipinski definition) is 0. The fourth-order valence-corrected chi connectivity index (χ4v) is 2.87. The summed E-state index contributed by atoms with van der Waals surface area (Å²) < 4.78 is 5.59. The van der Waals surface area contributed by atoms with Crippen molar-refractivity contribution in [2.45, 2.75) is 41.5 Å². The highest BCUT2D eigenvalue weighted by atomic mass is 127. The van der Waals surface area contributed by atoms with E-state index in [1.807, 2.05) is 20.8 Å². The second-order valence-electron chi connectivity index (χ2n) is 3.65. The molecule has 0 bridgehead atoms. The van der Waals surface area contributed by atoms with E-state index < -0.39 is 10.6 Å². The molecule has 82 valence electrons. The maximum Gasteiger partial charge on any atom is 0.259 e. The van der Waals surface area contributed by atoms with Gasteiger partial charge in [0.2, 0.25) is 0 Å². The molecule has 14 heavy (non-hydrogen) atoms. The Morgan fingerprint density at radius 3 is 2.36 bits per heavy atom. The summed E-state index contributed by atoms with van der Waals surface area (Å²) in [6.45, 7) is 5.58. The Balaban J connectivity index is 2.90. The Morgan fingerprint density at radius 1 is 1.57 bits per heavy atom. The largest absolute Gasteiger partial charge is 0.350 e. The van der Waals surface area contributed by atoms with E-state index >= 15 is 0 Å². The first-order valence-corrected chi connectivity index (χ1v) is 6.32. The zero-order chi connectivity index (χ0) is 11.1. The number of alkyl halides is 3. The van der Waals surface area contributed by atoms with Crippen LogP contribution in [0.1, 0.15) is 20.8 Å². The third kappa shape index (κ3) is 2.28. The third-order valence-electron chi connectivity index (χ3n) is 2.11. The van der Waals surface area contributed by atoms with Crippen LogP contribution in [0.5, 0.6) is 0 Å². The summed E-state index contributed by atoms with van der Waals surface area (Å²) in [5.74, 6) is -0.304. The number of carbonyl (C=O) groups is 1. The van der Waals surface area contributed by atoms with Crippen LogP contribution in [0.3, 0.4) is 0 Å². The highest BCUT2D eigenvalue weighted by molar-refractivity contribution is 14.1. The van der Waals surface area contributed by atoms with Crippen molar-refractivity contribution in [1.29, 1.82) is 0 Å². The van der Waals surface area contributed by atoms with E-state index in [0.717, 1.165) is 0 Å². The topological polar surface area (TPSA) is 29.5 Å². The molecule has 0 aromatic rings. The van der Waals surface area contributed by atoms with Gasteiger partial charge in [-0.3, -0.25) is 9.69 Å². The molecule has 0 radical (unpaired) electrons. The fourth-order valence-electron chi connectivity index (χ4n) is 1.57. The molecule has 1 heterocycles. The Hall–Kier alpha value is 0.740. The number of nitrogens with zero attached hydrogens (tertiary/aromatic N) is 1. The minimum atomic E-state index is -1.03. The number of ether oxygens (including phenoxy) is 1. The predicted molar refractivity (Wildman–Crippen MR) is 64.8 cm³/mol. The Morgan fingerprint density at radius 2 is 2.07 bits per heavy atom. The molecule has 0 aromatic carbocycles. The lowest BCUT2D eigenvalue weighted by Gasteiger charge is -2.32. The smallest absolute Gasteiger partial charge is 0.259 e. The second kappa shape index (κ2) is 4.31. The molecule has 6 heteroatoms. The Bertz CT molecular complexity index is 247. The van der Waals surface area contributed by atoms with Gasteiger partial charge in [0.05, 0.1) is 6.10 Å². The minimum Gasteiger partial charge on any atom is -0.350 e. The van der Waals surface area contributed by atoms with Crippen LogP contribution in [0.2, 0.25) is 0 Å². The summed E-state index contributed by atoms with van der Waals surface area (Å²) in [4.78, 5) is 12.3. The van der Waals surface area contributed by atoms with Gasteiger partial charge in [0.15, 0.2) is 4.84 Å². The quantitative estimate of drug-likeness (QED) is 0.413. The number of rotatable bonds is 1. The molecule has 3 nitrogen and oxygen atoms in total. The molecule has 1 aliphatic heterocycles. The lowest BCUT2D eigenvalue weighted by Crippen LogP contribution is -2.48. The van der Waals surface area contributed by atoms with E-state index in [1.54, 1.807) is 4.90 Å². The molecule has 0 spiro atoms. The normalized spacial score (nSPS) is 31.2. The van der Waals surface area contributed by atoms with E-state index in [-0.39, 0.29) is 16.1 Å². The van der Waals surface area contributed by atoms with Crippen molar-refractivity contribution in [2.24, 2.45) is 0 Å². The molecule has 2 atom stereocenters. The summed E-state index contributed by atoms with van der Waals surface area (Å²) in [6.07, 6.45) is -0.0124. The van der Waals surface area contributed by atoms with E-state index in [4.69, 9.17) is 27.9 Å². The number of hydrogen-bond acceptors (Lipinski definition) is 2. The van der Waals surface area contributed by atoms with Gasteiger partial charge in [0, 0.05) is 0 Å². The second-order valence-corrected chi connectivity index (χ2v) is 6.02. The molecule has 1 saturated heterocycles. The van der Waals surface area contributed by atoms with E-state index in [9.17, 15) is 4.79 Å². The lowest BCUT2D eigenvalue weighted by atomic mass is 10.2. The van der Waals surface area contributed by atoms with Gasteiger partial charge < -0.3 is 4.74 Å². The first kappa shape index (κ1) is 12.8. The van der Waals surface area contributed by atoms with Crippen LogP contribution < -0.4 is 0 Å². The van der Waals surface area contributed by atoms with Crippen LogP contribution in [0, 0.1) is 0 Å². The lowest BCUT2D eigenvalue weighted by molar-refractivity contribution is -0.143. The molecule has 1 rings (SSSR count). The predicted octanol–water partition coefficient (Wildman–Crippen LogP) is 2.53. The molecule has 0 aliphatic carbocycles. The van der Waals surface area contributed by atoms with Crippen molar-refractivity contribution in [2.75, 3.05) is 0 Å². The van der Waals surface area contributed by atoms with Gasteiger partial charge in [-0.15, -0.1) is 0 Å². The molecule has 0 N–H and O–H groups in total. The Kier molecular flexibility index (Phi) is 3.95. The van der Waals surface area contributed by atoms with E-state index in [0.29, 0.717) is 0 Å². The molecule has 0 aromatic heterocycles. The first-order valence-electron chi connectivity index (χ1n) is 4.20. The molecule has 0 saturated carbocycles. The summed E-state index contributed by atoms with van der Waals surface area (Å²) in [5.41, 5.74) is -0.635. The van der Waals surface area contributed by atoms with Crippen LogP contribution in [-0.4, -0.2) is 31.5 Å². The van der Waals surface area contributed by atoms with E-state index in [2.05, 4.69) is 22.6 Å². The summed E-state index contributed by atoms with van der Waals surface area (Å²) in [6, 6.07) is 0. The van der Waals surface area contributed by atoms with Crippen LogP contribution in [0.15, 0.2) is 0 Å². The van der Waals surface area contributed by atoms with Crippen LogP contribution in [-0.2, 0) is 9.53 Å². The van der Waals surface area contributed by atoms with Crippen LogP contribution in [0.4, 0.5) is 0 Å². The van der Waals surface area contributed by atoms with Crippen LogP contribution >= 0.6 is 45.8 Å². The van der Waals surface area contributed by atoms with Crippen molar-refractivity contribution in [1.82, 2.24) is 4.90 Å². The van der Waals surface area contributed by atoms with Gasteiger partial charge >= 0.3 is 0 Å². The molecule has 1 fully saturated rings. The number of amides is 1. The first-order chi connectivity index (χ1) is 6.27. The molecule has 2 unspecified atom stereocenters. The van der Waals surface area contributed by atoms with Crippen molar-refractivity contribution in [3.63, 3.8) is 0 Å². The summed E-state index contributed by atoms with van der Waals surface area (Å²) >= 11 is 13.3. The van der Waals surface area contributed by atoms with Gasteiger partial charge in [-0.05, 0) is 20.8 Å². The summed E-state index contributed by atoms with van der Waals surface area (Å²) in [7, 11) is 0. The van der Waals surface area contributed by atoms with Gasteiger partial charge in [-0.25, -0.2) is 0 Å². The van der Waals surface area contributed by atoms with Gasteiger partial charge in [-0.2, -0.15) is 0 Å². The highest BCUT2D eigenvalue weighted by Crippen LogP contribution is 2.36. The summed E-state index contributed by atoms with van der Waals surface area (Å²) in [5, 5.41) is 0. The van der Waals surface area contributed by atoms with Crippen LogP contribution in [0.25, 0.3) is 0 Å². The maximum absolute atomic E-state index is 11.7. The van der Waals surface area contributed by atoms with Crippen molar-refractivity contribution in [3.8, 4) is 0 Å². The van der Waals surface area contributed by atoms with E-state index in [1.165, 1.54) is 0 Å². The average Bonchev–Trinajstić information content (AvgIpc) is 2.20. The maximum atomic E-state index is 11.7. The number of carbonyl (C=O) groups excluding carboxylic acids is 1. The molecular formula is C8H12Cl2INO2. The monoisotopic (exact) mass is 351 g/mol. The Labute approximate surface area is 107 Å². The minimum absolute atomic E-state index is 0.0124. The third-order valence-corrected chi connectivity index (χ3v) is 4.06. The van der Waals surface area contributed by atoms with Gasteiger partial charge in [0.1, 0.15) is 9.77 Å². The SMILES string of the molecule is CC1OC(C)(C)N(C(=O)C(Cl)Cl)C1I. The van der Waals surface area contributed by atoms with Gasteiger partial charge in [-0.1, -0.05) is 45.8 Å². The highest BCUT2D eigenvalue weighted by Gasteiger charge is 2.47. The zero-order valence-electron chi connectivity index (χ0n) is 8.13. The molecule has 1 aliphatic rings. The zero-order valence-corrected chi connectivity index (χ0v) is 11.8. The van der Waals surface area contributed by atoms with Crippen molar-refractivity contribution in [3.05, 3.63) is 0 Å². The number of halogens is 3. The van der Waals surface area contributed by atoms with Crippen molar-refractivity contribution >= 4 is 51.7 Å². The van der Waals surface area contributed by atoms with Gasteiger partial charge in [0.25, 0.3) is 5.91 Å². The average molecular weight is 352 g/mol. The standard InChI is InChI=1S/C8H12Cl2INO2/c1-4-6(11)12(7(13)5(9)10)8(2,3)14-4/h4-6H,1-3H3. The van der Waals surface area contributed by atoms with Crippen molar-refractivity contribution < 1.29 is 9.53 Å². The molecule has 1 amide bonds. The molecular weight excluding hydrogens is 340 g/mol.